The predicted molar refractivity (Wildman–Crippen MR) is 133 cm³/mol. The van der Waals surface area contributed by atoms with Crippen LogP contribution in [0.3, 0.4) is 0 Å². The minimum absolute atomic E-state index is 0.0739. The fourth-order valence-electron chi connectivity index (χ4n) is 3.57. The third kappa shape index (κ3) is 5.03. The van der Waals surface area contributed by atoms with Crippen LogP contribution in [0, 0.1) is 0 Å². The van der Waals surface area contributed by atoms with E-state index in [2.05, 4.69) is 17.0 Å². The second kappa shape index (κ2) is 9.79. The molecule has 2 N–H and O–H groups in total. The summed E-state index contributed by atoms with van der Waals surface area (Å²) in [4.78, 5) is 12.6. The van der Waals surface area contributed by atoms with Crippen molar-refractivity contribution in [2.45, 2.75) is 24.7 Å². The van der Waals surface area contributed by atoms with Crippen LogP contribution in [-0.2, 0) is 27.7 Å². The largest absolute Gasteiger partial charge is 0.495 e. The molecule has 1 aromatic heterocycles. The van der Waals surface area contributed by atoms with Crippen molar-refractivity contribution in [1.82, 2.24) is 0 Å². The number of halogens is 1. The molecule has 4 aromatic rings. The van der Waals surface area contributed by atoms with Crippen molar-refractivity contribution in [2.24, 2.45) is 0 Å². The minimum Gasteiger partial charge on any atom is -0.495 e. The summed E-state index contributed by atoms with van der Waals surface area (Å²) in [6.07, 6.45) is 2.53. The van der Waals surface area contributed by atoms with Crippen molar-refractivity contribution in [1.29, 1.82) is 0 Å². The smallest absolute Gasteiger partial charge is 0.265 e. The van der Waals surface area contributed by atoms with Crippen molar-refractivity contribution >= 4 is 49.9 Å². The zero-order valence-corrected chi connectivity index (χ0v) is 20.2. The SMILES string of the molecule is CCc1ccc2c(CC(=O)Nc3ccc(OC)c(S(=O)(=O)Nc4ccccc4Cl)c3)coc2c1. The number of carbonyl (C=O) groups excluding carboxylic acids is 1. The van der Waals surface area contributed by atoms with E-state index in [4.69, 9.17) is 20.8 Å². The van der Waals surface area contributed by atoms with E-state index in [-0.39, 0.29) is 33.7 Å². The molecular weight excluding hydrogens is 476 g/mol. The number of rotatable bonds is 8. The highest BCUT2D eigenvalue weighted by molar-refractivity contribution is 7.92. The number of ether oxygens (including phenoxy) is 1. The molecule has 3 aromatic carbocycles. The Bertz CT molecular complexity index is 1460. The van der Waals surface area contributed by atoms with Crippen LogP contribution < -0.4 is 14.8 Å². The monoisotopic (exact) mass is 498 g/mol. The zero-order chi connectivity index (χ0) is 24.3. The van der Waals surface area contributed by atoms with Crippen molar-refractivity contribution < 1.29 is 22.4 Å². The average molecular weight is 499 g/mol. The number of methoxy groups -OCH3 is 1. The first-order valence-corrected chi connectivity index (χ1v) is 12.4. The fraction of sp³-hybridized carbons (Fsp3) is 0.160. The van der Waals surface area contributed by atoms with Gasteiger partial charge in [-0.15, -0.1) is 0 Å². The summed E-state index contributed by atoms with van der Waals surface area (Å²) in [5.74, 6) is -0.181. The van der Waals surface area contributed by atoms with Crippen LogP contribution in [0.4, 0.5) is 11.4 Å². The molecule has 0 fully saturated rings. The summed E-state index contributed by atoms with van der Waals surface area (Å²) in [6, 6.07) is 16.8. The molecule has 0 bridgehead atoms. The number of amides is 1. The molecule has 0 radical (unpaired) electrons. The molecule has 0 saturated carbocycles. The van der Waals surface area contributed by atoms with Gasteiger partial charge < -0.3 is 14.5 Å². The summed E-state index contributed by atoms with van der Waals surface area (Å²) in [7, 11) is -2.68. The highest BCUT2D eigenvalue weighted by Gasteiger charge is 2.22. The van der Waals surface area contributed by atoms with Gasteiger partial charge in [-0.05, 0) is 48.4 Å². The molecule has 1 amide bonds. The Labute approximate surface area is 202 Å². The Morgan fingerprint density at radius 1 is 1.09 bits per heavy atom. The first-order valence-electron chi connectivity index (χ1n) is 10.5. The van der Waals surface area contributed by atoms with Crippen LogP contribution in [0.2, 0.25) is 5.02 Å². The van der Waals surface area contributed by atoms with Gasteiger partial charge in [0.15, 0.2) is 0 Å². The van der Waals surface area contributed by atoms with Crippen LogP contribution >= 0.6 is 11.6 Å². The van der Waals surface area contributed by atoms with Gasteiger partial charge in [0, 0.05) is 16.6 Å². The second-order valence-electron chi connectivity index (χ2n) is 7.62. The molecule has 0 unspecified atom stereocenters. The molecule has 7 nitrogen and oxygen atoms in total. The summed E-state index contributed by atoms with van der Waals surface area (Å²) in [5.41, 5.74) is 3.17. The zero-order valence-electron chi connectivity index (χ0n) is 18.6. The maximum absolute atomic E-state index is 13.1. The number of aryl methyl sites for hydroxylation is 1. The predicted octanol–water partition coefficient (Wildman–Crippen LogP) is 5.64. The van der Waals surface area contributed by atoms with Crippen molar-refractivity contribution in [2.75, 3.05) is 17.1 Å². The van der Waals surface area contributed by atoms with Gasteiger partial charge in [-0.2, -0.15) is 0 Å². The van der Waals surface area contributed by atoms with E-state index in [0.717, 1.165) is 28.5 Å². The molecular formula is C25H23ClN2O5S. The molecule has 0 saturated heterocycles. The molecule has 4 rings (SSSR count). The molecule has 34 heavy (non-hydrogen) atoms. The van der Waals surface area contributed by atoms with E-state index in [1.165, 1.54) is 19.2 Å². The number of sulfonamides is 1. The third-order valence-electron chi connectivity index (χ3n) is 5.33. The quantitative estimate of drug-likeness (QED) is 0.327. The van der Waals surface area contributed by atoms with Gasteiger partial charge in [-0.25, -0.2) is 8.42 Å². The van der Waals surface area contributed by atoms with E-state index >= 15 is 0 Å². The highest BCUT2D eigenvalue weighted by Crippen LogP contribution is 2.31. The number of hydrogen-bond acceptors (Lipinski definition) is 5. The molecule has 1 heterocycles. The Balaban J connectivity index is 1.56. The fourth-order valence-corrected chi connectivity index (χ4v) is 5.09. The molecule has 0 aliphatic heterocycles. The summed E-state index contributed by atoms with van der Waals surface area (Å²) in [5, 5.41) is 3.88. The van der Waals surface area contributed by atoms with E-state index in [9.17, 15) is 13.2 Å². The van der Waals surface area contributed by atoms with Crippen LogP contribution in [0.15, 0.2) is 76.2 Å². The molecule has 0 atom stereocenters. The number of benzene rings is 3. The number of para-hydroxylation sites is 1. The lowest BCUT2D eigenvalue weighted by Crippen LogP contribution is -2.17. The Morgan fingerprint density at radius 2 is 1.88 bits per heavy atom. The maximum atomic E-state index is 13.1. The molecule has 176 valence electrons. The lowest BCUT2D eigenvalue weighted by atomic mass is 10.1. The molecule has 0 aliphatic rings. The normalized spacial score (nSPS) is 11.4. The number of anilines is 2. The van der Waals surface area contributed by atoms with Gasteiger partial charge in [0.1, 0.15) is 16.2 Å². The number of carbonyl (C=O) groups is 1. The van der Waals surface area contributed by atoms with Crippen LogP contribution in [-0.4, -0.2) is 21.4 Å². The number of furan rings is 1. The Kier molecular flexibility index (Phi) is 6.81. The minimum atomic E-state index is -4.05. The van der Waals surface area contributed by atoms with E-state index in [1.54, 1.807) is 36.6 Å². The van der Waals surface area contributed by atoms with Gasteiger partial charge in [0.25, 0.3) is 10.0 Å². The first-order chi connectivity index (χ1) is 16.3. The third-order valence-corrected chi connectivity index (χ3v) is 7.05. The molecule has 0 spiro atoms. The number of fused-ring (bicyclic) bond motifs is 1. The highest BCUT2D eigenvalue weighted by atomic mass is 35.5. The van der Waals surface area contributed by atoms with Gasteiger partial charge in [-0.1, -0.05) is 42.8 Å². The van der Waals surface area contributed by atoms with Gasteiger partial charge >= 0.3 is 0 Å². The van der Waals surface area contributed by atoms with E-state index in [0.29, 0.717) is 5.69 Å². The summed E-state index contributed by atoms with van der Waals surface area (Å²) < 4.78 is 39.4. The second-order valence-corrected chi connectivity index (χ2v) is 9.68. The van der Waals surface area contributed by atoms with E-state index in [1.807, 2.05) is 18.2 Å². The maximum Gasteiger partial charge on any atom is 0.265 e. The van der Waals surface area contributed by atoms with Crippen LogP contribution in [0.25, 0.3) is 11.0 Å². The summed E-state index contributed by atoms with van der Waals surface area (Å²) >= 11 is 6.09. The first kappa shape index (κ1) is 23.7. The Hall–Kier alpha value is -3.49. The lowest BCUT2D eigenvalue weighted by molar-refractivity contribution is -0.115. The number of hydrogen-bond donors (Lipinski definition) is 2. The van der Waals surface area contributed by atoms with Crippen molar-refractivity contribution in [3.63, 3.8) is 0 Å². The van der Waals surface area contributed by atoms with Crippen LogP contribution in [0.1, 0.15) is 18.1 Å². The number of nitrogens with one attached hydrogen (secondary N) is 2. The van der Waals surface area contributed by atoms with Crippen molar-refractivity contribution in [3.8, 4) is 5.75 Å². The average Bonchev–Trinajstić information content (AvgIpc) is 3.22. The topological polar surface area (TPSA) is 97.6 Å². The van der Waals surface area contributed by atoms with Crippen LogP contribution in [0.5, 0.6) is 5.75 Å². The van der Waals surface area contributed by atoms with Gasteiger partial charge in [-0.3, -0.25) is 9.52 Å². The van der Waals surface area contributed by atoms with Gasteiger partial charge in [0.2, 0.25) is 5.91 Å². The van der Waals surface area contributed by atoms with Crippen molar-refractivity contribution in [3.05, 3.63) is 83.1 Å². The summed E-state index contributed by atoms with van der Waals surface area (Å²) in [6.45, 7) is 2.06. The molecule has 0 aliphatic carbocycles. The standard InChI is InChI=1S/C25H23ClN2O5S/c1-3-16-8-10-19-17(15-33-23(19)12-16)13-25(29)27-18-9-11-22(32-2)24(14-18)34(30,31)28-21-7-5-4-6-20(21)26/h4-12,14-15,28H,3,13H2,1-2H3,(H,27,29). The Morgan fingerprint density at radius 3 is 2.62 bits per heavy atom. The van der Waals surface area contributed by atoms with Gasteiger partial charge in [0.05, 0.1) is 30.5 Å². The lowest BCUT2D eigenvalue weighted by Gasteiger charge is -2.14. The van der Waals surface area contributed by atoms with E-state index < -0.39 is 10.0 Å². The molecule has 9 heteroatoms.